The van der Waals surface area contributed by atoms with E-state index in [1.165, 1.54) is 25.7 Å². The standard InChI is InChI=1S/C9H18N2/c1-11-7-9-4-2-8(6-10)3-5-9/h8-9H,1-7,10H2. The van der Waals surface area contributed by atoms with Gasteiger partial charge in [-0.05, 0) is 50.8 Å². The van der Waals surface area contributed by atoms with Crippen LogP contribution in [0.1, 0.15) is 25.7 Å². The third kappa shape index (κ3) is 2.62. The molecule has 0 unspecified atom stereocenters. The number of hydrogen-bond donors (Lipinski definition) is 1. The Morgan fingerprint density at radius 2 is 1.73 bits per heavy atom. The van der Waals surface area contributed by atoms with E-state index >= 15 is 0 Å². The molecule has 1 rings (SSSR count). The van der Waals surface area contributed by atoms with E-state index in [2.05, 4.69) is 11.7 Å². The molecule has 0 atom stereocenters. The fourth-order valence-corrected chi connectivity index (χ4v) is 1.83. The molecule has 0 heterocycles. The van der Waals surface area contributed by atoms with Crippen LogP contribution in [0.4, 0.5) is 0 Å². The fraction of sp³-hybridized carbons (Fsp3) is 0.889. The molecule has 11 heavy (non-hydrogen) atoms. The Labute approximate surface area is 68.9 Å². The molecule has 1 fully saturated rings. The highest BCUT2D eigenvalue weighted by Crippen LogP contribution is 2.27. The van der Waals surface area contributed by atoms with Gasteiger partial charge in [-0.1, -0.05) is 0 Å². The van der Waals surface area contributed by atoms with Gasteiger partial charge in [0.25, 0.3) is 0 Å². The lowest BCUT2D eigenvalue weighted by Crippen LogP contribution is -2.22. The van der Waals surface area contributed by atoms with Gasteiger partial charge in [-0.2, -0.15) is 0 Å². The van der Waals surface area contributed by atoms with Gasteiger partial charge in [0.1, 0.15) is 0 Å². The van der Waals surface area contributed by atoms with E-state index in [1.807, 2.05) is 0 Å². The highest BCUT2D eigenvalue weighted by molar-refractivity contribution is 5.23. The van der Waals surface area contributed by atoms with Crippen LogP contribution in [-0.2, 0) is 0 Å². The summed E-state index contributed by atoms with van der Waals surface area (Å²) in [4.78, 5) is 3.93. The van der Waals surface area contributed by atoms with Crippen molar-refractivity contribution >= 4 is 6.72 Å². The van der Waals surface area contributed by atoms with Gasteiger partial charge >= 0.3 is 0 Å². The molecule has 0 bridgehead atoms. The van der Waals surface area contributed by atoms with Gasteiger partial charge in [0, 0.05) is 6.54 Å². The third-order valence-electron chi connectivity index (χ3n) is 2.69. The molecule has 2 nitrogen and oxygen atoms in total. The summed E-state index contributed by atoms with van der Waals surface area (Å²) in [5, 5.41) is 0. The summed E-state index contributed by atoms with van der Waals surface area (Å²) in [5.41, 5.74) is 5.59. The predicted molar refractivity (Wildman–Crippen MR) is 48.9 cm³/mol. The summed E-state index contributed by atoms with van der Waals surface area (Å²) in [6.45, 7) is 5.34. The van der Waals surface area contributed by atoms with Gasteiger partial charge in [0.05, 0.1) is 0 Å². The van der Waals surface area contributed by atoms with E-state index in [-0.39, 0.29) is 0 Å². The van der Waals surface area contributed by atoms with Crippen LogP contribution in [0.2, 0.25) is 0 Å². The summed E-state index contributed by atoms with van der Waals surface area (Å²) in [6, 6.07) is 0. The Morgan fingerprint density at radius 3 is 2.18 bits per heavy atom. The van der Waals surface area contributed by atoms with Gasteiger partial charge in [-0.3, -0.25) is 0 Å². The number of rotatable bonds is 3. The van der Waals surface area contributed by atoms with Crippen molar-refractivity contribution < 1.29 is 0 Å². The van der Waals surface area contributed by atoms with Crippen molar-refractivity contribution in [3.05, 3.63) is 0 Å². The summed E-state index contributed by atoms with van der Waals surface area (Å²) in [6.07, 6.45) is 5.22. The number of nitrogens with two attached hydrogens (primary N) is 1. The monoisotopic (exact) mass is 154 g/mol. The van der Waals surface area contributed by atoms with Crippen LogP contribution >= 0.6 is 0 Å². The largest absolute Gasteiger partial charge is 0.330 e. The van der Waals surface area contributed by atoms with Gasteiger partial charge in [-0.25, -0.2) is 0 Å². The normalized spacial score (nSPS) is 31.7. The maximum Gasteiger partial charge on any atom is 0.0410 e. The molecule has 0 radical (unpaired) electrons. The van der Waals surface area contributed by atoms with Crippen LogP contribution in [0.25, 0.3) is 0 Å². The van der Waals surface area contributed by atoms with Crippen LogP contribution in [0.5, 0.6) is 0 Å². The minimum absolute atomic E-state index is 0.788. The molecule has 0 saturated heterocycles. The first-order valence-electron chi connectivity index (χ1n) is 4.49. The average molecular weight is 154 g/mol. The summed E-state index contributed by atoms with van der Waals surface area (Å²) >= 11 is 0. The molecular weight excluding hydrogens is 136 g/mol. The predicted octanol–water partition coefficient (Wildman–Crippen LogP) is 1.45. The van der Waals surface area contributed by atoms with Crippen molar-refractivity contribution in [2.45, 2.75) is 25.7 Å². The lowest BCUT2D eigenvalue weighted by molar-refractivity contribution is 0.286. The van der Waals surface area contributed by atoms with Crippen molar-refractivity contribution in [2.24, 2.45) is 22.6 Å². The number of nitrogens with zero attached hydrogens (tertiary/aromatic N) is 1. The molecule has 0 spiro atoms. The van der Waals surface area contributed by atoms with E-state index in [1.54, 1.807) is 0 Å². The molecule has 0 aromatic rings. The quantitative estimate of drug-likeness (QED) is 0.614. The molecule has 1 aliphatic carbocycles. The van der Waals surface area contributed by atoms with Crippen molar-refractivity contribution in [2.75, 3.05) is 13.1 Å². The zero-order valence-electron chi connectivity index (χ0n) is 7.13. The van der Waals surface area contributed by atoms with Crippen LogP contribution in [-0.4, -0.2) is 19.8 Å². The number of hydrogen-bond acceptors (Lipinski definition) is 2. The van der Waals surface area contributed by atoms with Crippen molar-refractivity contribution in [1.82, 2.24) is 0 Å². The molecule has 64 valence electrons. The second-order valence-corrected chi connectivity index (χ2v) is 3.53. The Hall–Kier alpha value is -0.370. The van der Waals surface area contributed by atoms with E-state index in [0.29, 0.717) is 0 Å². The third-order valence-corrected chi connectivity index (χ3v) is 2.69. The van der Waals surface area contributed by atoms with Crippen LogP contribution in [0.15, 0.2) is 4.99 Å². The Kier molecular flexibility index (Phi) is 3.57. The zero-order valence-corrected chi connectivity index (χ0v) is 7.13. The van der Waals surface area contributed by atoms with Gasteiger partial charge in [0.15, 0.2) is 0 Å². The van der Waals surface area contributed by atoms with Crippen molar-refractivity contribution in [3.8, 4) is 0 Å². The van der Waals surface area contributed by atoms with Gasteiger partial charge < -0.3 is 10.7 Å². The second-order valence-electron chi connectivity index (χ2n) is 3.53. The highest BCUT2D eigenvalue weighted by atomic mass is 14.7. The molecular formula is C9H18N2. The van der Waals surface area contributed by atoms with Crippen molar-refractivity contribution in [1.29, 1.82) is 0 Å². The van der Waals surface area contributed by atoms with Crippen LogP contribution in [0, 0.1) is 11.8 Å². The molecule has 1 aliphatic rings. The minimum Gasteiger partial charge on any atom is -0.330 e. The zero-order chi connectivity index (χ0) is 8.10. The summed E-state index contributed by atoms with van der Waals surface area (Å²) in [5.74, 6) is 1.59. The van der Waals surface area contributed by atoms with E-state index in [4.69, 9.17) is 5.73 Å². The molecule has 0 aromatic heterocycles. The molecule has 2 N–H and O–H groups in total. The summed E-state index contributed by atoms with van der Waals surface area (Å²) < 4.78 is 0. The van der Waals surface area contributed by atoms with E-state index in [0.717, 1.165) is 24.9 Å². The van der Waals surface area contributed by atoms with E-state index < -0.39 is 0 Å². The maximum atomic E-state index is 5.59. The molecule has 0 amide bonds. The smallest absolute Gasteiger partial charge is 0.0410 e. The lowest BCUT2D eigenvalue weighted by Gasteiger charge is -2.26. The second kappa shape index (κ2) is 4.50. The fourth-order valence-electron chi connectivity index (χ4n) is 1.83. The molecule has 2 heteroatoms. The van der Waals surface area contributed by atoms with Crippen LogP contribution in [0.3, 0.4) is 0 Å². The van der Waals surface area contributed by atoms with Gasteiger partial charge in [-0.15, -0.1) is 0 Å². The number of aliphatic imine (C=N–C) groups is 1. The van der Waals surface area contributed by atoms with E-state index in [9.17, 15) is 0 Å². The Bertz CT molecular complexity index is 115. The minimum atomic E-state index is 0.788. The van der Waals surface area contributed by atoms with Crippen molar-refractivity contribution in [3.63, 3.8) is 0 Å². The first-order chi connectivity index (χ1) is 5.36. The SMILES string of the molecule is C=NCC1CCC(CN)CC1. The topological polar surface area (TPSA) is 38.4 Å². The Morgan fingerprint density at radius 1 is 1.18 bits per heavy atom. The average Bonchev–Trinajstić information content (AvgIpc) is 2.07. The first kappa shape index (κ1) is 8.72. The molecule has 0 aliphatic heterocycles. The first-order valence-corrected chi connectivity index (χ1v) is 4.49. The highest BCUT2D eigenvalue weighted by Gasteiger charge is 2.18. The lowest BCUT2D eigenvalue weighted by atomic mass is 9.82. The van der Waals surface area contributed by atoms with Crippen LogP contribution < -0.4 is 5.73 Å². The van der Waals surface area contributed by atoms with Gasteiger partial charge in [0.2, 0.25) is 0 Å². The summed E-state index contributed by atoms with van der Waals surface area (Å²) in [7, 11) is 0. The molecule has 1 saturated carbocycles. The molecule has 0 aromatic carbocycles. The Balaban J connectivity index is 2.18. The maximum absolute atomic E-state index is 5.59.